The number of imidazole rings is 1. The van der Waals surface area contributed by atoms with Crippen molar-refractivity contribution in [2.75, 3.05) is 6.26 Å². The molecule has 2 heterocycles. The molecule has 0 bridgehead atoms. The number of carbonyl (C=O) groups is 1. The molecule has 1 fully saturated rings. The summed E-state index contributed by atoms with van der Waals surface area (Å²) in [5.74, 6) is 0.538. The van der Waals surface area contributed by atoms with Gasteiger partial charge in [-0.15, -0.1) is 0 Å². The first kappa shape index (κ1) is 11.6. The van der Waals surface area contributed by atoms with E-state index in [-0.39, 0.29) is 5.91 Å². The van der Waals surface area contributed by atoms with Gasteiger partial charge >= 0.3 is 0 Å². The summed E-state index contributed by atoms with van der Waals surface area (Å²) in [5.41, 5.74) is 1.40. The molecule has 1 N–H and O–H groups in total. The predicted molar refractivity (Wildman–Crippen MR) is 72.0 cm³/mol. The van der Waals surface area contributed by atoms with E-state index in [2.05, 4.69) is 17.2 Å². The quantitative estimate of drug-likeness (QED) is 0.862. The van der Waals surface area contributed by atoms with Gasteiger partial charge in [-0.2, -0.15) is 0 Å². The maximum atomic E-state index is 12.2. The lowest BCUT2D eigenvalue weighted by atomic mass is 10.3. The second-order valence-corrected chi connectivity index (χ2v) is 5.47. The van der Waals surface area contributed by atoms with Crippen LogP contribution in [-0.2, 0) is 0 Å². The molecule has 3 rings (SSSR count). The average Bonchev–Trinajstić information content (AvgIpc) is 2.93. The van der Waals surface area contributed by atoms with E-state index in [1.54, 1.807) is 11.8 Å². The summed E-state index contributed by atoms with van der Waals surface area (Å²) >= 11 is 1.54. The number of carbonyl (C=O) groups excluding carboxylic acids is 1. The van der Waals surface area contributed by atoms with E-state index in [4.69, 9.17) is 0 Å². The number of aromatic nitrogens is 2. The first-order valence-electron chi connectivity index (χ1n) is 6.02. The molecule has 2 atom stereocenters. The second-order valence-electron chi connectivity index (χ2n) is 4.70. The minimum absolute atomic E-state index is 0.0617. The maximum absolute atomic E-state index is 12.2. The van der Waals surface area contributed by atoms with E-state index in [0.717, 1.165) is 17.1 Å². The Bertz CT molecular complexity index is 607. The van der Waals surface area contributed by atoms with Crippen LogP contribution in [0.5, 0.6) is 0 Å². The molecule has 0 radical (unpaired) electrons. The van der Waals surface area contributed by atoms with Gasteiger partial charge in [0.15, 0.2) is 10.9 Å². The smallest absolute Gasteiger partial charge is 0.272 e. The van der Waals surface area contributed by atoms with Gasteiger partial charge < -0.3 is 5.32 Å². The van der Waals surface area contributed by atoms with Crippen LogP contribution in [0.3, 0.4) is 0 Å². The molecule has 2 aromatic rings. The van der Waals surface area contributed by atoms with Crippen LogP contribution in [0.2, 0.25) is 0 Å². The lowest BCUT2D eigenvalue weighted by Crippen LogP contribution is -2.27. The number of pyridine rings is 1. The van der Waals surface area contributed by atoms with Crippen LogP contribution < -0.4 is 5.32 Å². The minimum atomic E-state index is -0.0617. The Morgan fingerprint density at radius 2 is 2.33 bits per heavy atom. The predicted octanol–water partition coefficient (Wildman–Crippen LogP) is 2.19. The van der Waals surface area contributed by atoms with E-state index in [9.17, 15) is 4.79 Å². The summed E-state index contributed by atoms with van der Waals surface area (Å²) in [6, 6.07) is 6.13. The molecule has 2 unspecified atom stereocenters. The zero-order valence-electron chi connectivity index (χ0n) is 10.4. The van der Waals surface area contributed by atoms with Crippen molar-refractivity contribution < 1.29 is 4.79 Å². The van der Waals surface area contributed by atoms with Crippen LogP contribution >= 0.6 is 11.8 Å². The minimum Gasteiger partial charge on any atom is -0.348 e. The standard InChI is InChI=1S/C13H15N3OS/c1-8-7-9(8)14-12(17)11-10-5-3-4-6-16(10)13(15-11)18-2/h3-6,8-9H,7H2,1-2H3,(H,14,17). The third-order valence-corrected chi connectivity index (χ3v) is 3.99. The molecule has 2 aromatic heterocycles. The summed E-state index contributed by atoms with van der Waals surface area (Å²) in [6.07, 6.45) is 4.98. The summed E-state index contributed by atoms with van der Waals surface area (Å²) in [7, 11) is 0. The van der Waals surface area contributed by atoms with E-state index in [1.165, 1.54) is 0 Å². The second kappa shape index (κ2) is 4.31. The van der Waals surface area contributed by atoms with E-state index in [0.29, 0.717) is 17.7 Å². The third kappa shape index (κ3) is 1.88. The molecular weight excluding hydrogens is 246 g/mol. The number of rotatable bonds is 3. The largest absolute Gasteiger partial charge is 0.348 e. The normalized spacial score (nSPS) is 22.1. The topological polar surface area (TPSA) is 46.4 Å². The van der Waals surface area contributed by atoms with E-state index in [1.807, 2.05) is 35.1 Å². The zero-order valence-corrected chi connectivity index (χ0v) is 11.2. The Labute approximate surface area is 110 Å². The number of nitrogens with one attached hydrogen (secondary N) is 1. The Balaban J connectivity index is 1.98. The molecule has 1 amide bonds. The molecule has 1 aliphatic carbocycles. The van der Waals surface area contributed by atoms with Crippen molar-refractivity contribution in [1.82, 2.24) is 14.7 Å². The summed E-state index contributed by atoms with van der Waals surface area (Å²) in [4.78, 5) is 16.6. The molecule has 0 saturated heterocycles. The Kier molecular flexibility index (Phi) is 2.78. The number of hydrogen-bond donors (Lipinski definition) is 1. The average molecular weight is 261 g/mol. The number of amides is 1. The van der Waals surface area contributed by atoms with Crippen LogP contribution in [-0.4, -0.2) is 27.6 Å². The summed E-state index contributed by atoms with van der Waals surface area (Å²) in [6.45, 7) is 2.14. The van der Waals surface area contributed by atoms with Crippen molar-refractivity contribution in [2.24, 2.45) is 5.92 Å². The first-order valence-corrected chi connectivity index (χ1v) is 7.25. The van der Waals surface area contributed by atoms with Crippen LogP contribution in [0.4, 0.5) is 0 Å². The fraction of sp³-hybridized carbons (Fsp3) is 0.385. The monoisotopic (exact) mass is 261 g/mol. The van der Waals surface area contributed by atoms with Crippen molar-refractivity contribution in [2.45, 2.75) is 24.5 Å². The molecule has 1 saturated carbocycles. The molecule has 0 spiro atoms. The van der Waals surface area contributed by atoms with Gasteiger partial charge in [-0.1, -0.05) is 24.8 Å². The Morgan fingerprint density at radius 1 is 1.56 bits per heavy atom. The third-order valence-electron chi connectivity index (χ3n) is 3.34. The molecule has 0 aromatic carbocycles. The highest BCUT2D eigenvalue weighted by Gasteiger charge is 2.34. The first-order chi connectivity index (χ1) is 8.70. The maximum Gasteiger partial charge on any atom is 0.272 e. The highest BCUT2D eigenvalue weighted by atomic mass is 32.2. The van der Waals surface area contributed by atoms with Gasteiger partial charge in [-0.05, 0) is 30.7 Å². The fourth-order valence-electron chi connectivity index (χ4n) is 2.08. The van der Waals surface area contributed by atoms with Gasteiger partial charge in [-0.3, -0.25) is 9.20 Å². The summed E-state index contributed by atoms with van der Waals surface area (Å²) < 4.78 is 1.95. The van der Waals surface area contributed by atoms with Gasteiger partial charge in [0.2, 0.25) is 0 Å². The molecule has 94 valence electrons. The van der Waals surface area contributed by atoms with Gasteiger partial charge in [0.25, 0.3) is 5.91 Å². The van der Waals surface area contributed by atoms with Crippen molar-refractivity contribution in [1.29, 1.82) is 0 Å². The van der Waals surface area contributed by atoms with Crippen LogP contribution in [0, 0.1) is 5.92 Å². The van der Waals surface area contributed by atoms with Gasteiger partial charge in [0, 0.05) is 12.2 Å². The Morgan fingerprint density at radius 3 is 3.00 bits per heavy atom. The SMILES string of the molecule is CSc1nc(C(=O)NC2CC2C)c2ccccn12. The van der Waals surface area contributed by atoms with E-state index < -0.39 is 0 Å². The van der Waals surface area contributed by atoms with Crippen LogP contribution in [0.1, 0.15) is 23.8 Å². The van der Waals surface area contributed by atoms with Crippen molar-refractivity contribution in [3.8, 4) is 0 Å². The molecular formula is C13H15N3OS. The number of thioether (sulfide) groups is 1. The number of nitrogens with zero attached hydrogens (tertiary/aromatic N) is 2. The highest BCUT2D eigenvalue weighted by molar-refractivity contribution is 7.98. The van der Waals surface area contributed by atoms with Crippen LogP contribution in [0.15, 0.2) is 29.6 Å². The highest BCUT2D eigenvalue weighted by Crippen LogP contribution is 2.29. The molecule has 0 aliphatic heterocycles. The Hall–Kier alpha value is -1.49. The zero-order chi connectivity index (χ0) is 12.7. The van der Waals surface area contributed by atoms with Crippen molar-refractivity contribution in [3.63, 3.8) is 0 Å². The van der Waals surface area contributed by atoms with E-state index >= 15 is 0 Å². The number of fused-ring (bicyclic) bond motifs is 1. The lowest BCUT2D eigenvalue weighted by Gasteiger charge is -2.01. The van der Waals surface area contributed by atoms with Gasteiger partial charge in [0.05, 0.1) is 5.52 Å². The van der Waals surface area contributed by atoms with Crippen molar-refractivity contribution in [3.05, 3.63) is 30.1 Å². The lowest BCUT2D eigenvalue weighted by molar-refractivity contribution is 0.0946. The van der Waals surface area contributed by atoms with Gasteiger partial charge in [-0.25, -0.2) is 4.98 Å². The van der Waals surface area contributed by atoms with Crippen molar-refractivity contribution >= 4 is 23.2 Å². The molecule has 4 nitrogen and oxygen atoms in total. The number of hydrogen-bond acceptors (Lipinski definition) is 3. The molecule has 18 heavy (non-hydrogen) atoms. The molecule has 5 heteroatoms. The fourth-order valence-corrected chi connectivity index (χ4v) is 2.62. The summed E-state index contributed by atoms with van der Waals surface area (Å²) in [5, 5.41) is 3.87. The van der Waals surface area contributed by atoms with Crippen LogP contribution in [0.25, 0.3) is 5.52 Å². The van der Waals surface area contributed by atoms with Gasteiger partial charge in [0.1, 0.15) is 0 Å². The molecule has 1 aliphatic rings.